The summed E-state index contributed by atoms with van der Waals surface area (Å²) in [6.07, 6.45) is 29.1. The number of aliphatic imine (C=N–C) groups is 2. The average Bonchev–Trinajstić information content (AvgIpc) is 3.41. The second-order valence-corrected chi connectivity index (χ2v) is 10.8. The molecule has 2 aromatic rings. The molecule has 1 aromatic heterocycles. The van der Waals surface area contributed by atoms with Crippen molar-refractivity contribution in [2.45, 2.75) is 60.4 Å². The van der Waals surface area contributed by atoms with Crippen LogP contribution in [0.4, 0.5) is 0 Å². The Balaban J connectivity index is 0.00000271. The topological polar surface area (TPSA) is 32.9 Å². The zero-order valence-electron chi connectivity index (χ0n) is 28.0. The van der Waals surface area contributed by atoms with Gasteiger partial charge in [0.15, 0.2) is 0 Å². The minimum atomic E-state index is 0.692. The number of allylic oxidation sites excluding steroid dienone is 9. The molecule has 0 aliphatic carbocycles. The zero-order chi connectivity index (χ0) is 32.8. The van der Waals surface area contributed by atoms with Crippen LogP contribution in [0.1, 0.15) is 82.0 Å². The number of nitrogens with zero attached hydrogens (tertiary/aromatic N) is 4. The summed E-state index contributed by atoms with van der Waals surface area (Å²) in [6.45, 7) is 20.4. The summed E-state index contributed by atoms with van der Waals surface area (Å²) in [5.74, 6) is 3.70. The van der Waals surface area contributed by atoms with Crippen molar-refractivity contribution >= 4 is 29.3 Å². The molecule has 1 aromatic carbocycles. The van der Waals surface area contributed by atoms with Gasteiger partial charge >= 0.3 is 0 Å². The van der Waals surface area contributed by atoms with Crippen molar-refractivity contribution in [3.8, 4) is 12.3 Å². The fraction of sp³-hybridized carbons (Fsp3) is 0.268. The minimum absolute atomic E-state index is 0.692. The number of fused-ring (bicyclic) bond motifs is 1. The number of benzene rings is 1. The summed E-state index contributed by atoms with van der Waals surface area (Å²) in [5.41, 5.74) is 10.6. The van der Waals surface area contributed by atoms with Crippen LogP contribution in [0.2, 0.25) is 0 Å². The third kappa shape index (κ3) is 9.06. The average molecular weight is 597 g/mol. The summed E-state index contributed by atoms with van der Waals surface area (Å²) >= 11 is 0. The van der Waals surface area contributed by atoms with Gasteiger partial charge < -0.3 is 9.47 Å². The van der Waals surface area contributed by atoms with Crippen LogP contribution >= 0.6 is 0 Å². The van der Waals surface area contributed by atoms with Gasteiger partial charge in [-0.1, -0.05) is 81.2 Å². The van der Waals surface area contributed by atoms with Gasteiger partial charge in [-0.2, -0.15) is 0 Å². The fourth-order valence-corrected chi connectivity index (χ4v) is 5.23. The van der Waals surface area contributed by atoms with Gasteiger partial charge in [-0.05, 0) is 92.3 Å². The second-order valence-electron chi connectivity index (χ2n) is 10.8. The van der Waals surface area contributed by atoms with E-state index in [1.165, 1.54) is 5.57 Å². The van der Waals surface area contributed by atoms with Crippen LogP contribution in [0.25, 0.3) is 17.7 Å². The molecule has 45 heavy (non-hydrogen) atoms. The predicted octanol–water partition coefficient (Wildman–Crippen LogP) is 10.0. The summed E-state index contributed by atoms with van der Waals surface area (Å²) < 4.78 is 2.34. The van der Waals surface area contributed by atoms with Gasteiger partial charge in [-0.25, -0.2) is 4.99 Å². The normalized spacial score (nSPS) is 16.3. The van der Waals surface area contributed by atoms with Crippen LogP contribution < -0.4 is 0 Å². The molecule has 232 valence electrons. The van der Waals surface area contributed by atoms with Crippen molar-refractivity contribution in [2.24, 2.45) is 9.98 Å². The van der Waals surface area contributed by atoms with Crippen molar-refractivity contribution in [2.75, 3.05) is 13.6 Å². The third-order valence-electron chi connectivity index (χ3n) is 7.28. The molecule has 0 atom stereocenters. The van der Waals surface area contributed by atoms with E-state index in [2.05, 4.69) is 126 Å². The quantitative estimate of drug-likeness (QED) is 0.153. The molecule has 3 heterocycles. The van der Waals surface area contributed by atoms with Crippen LogP contribution in [0.15, 0.2) is 119 Å². The maximum atomic E-state index is 5.54. The third-order valence-corrected chi connectivity index (χ3v) is 7.28. The molecule has 0 unspecified atom stereocenters. The van der Waals surface area contributed by atoms with Gasteiger partial charge in [0.05, 0.1) is 23.6 Å². The highest BCUT2D eigenvalue weighted by Crippen LogP contribution is 2.30. The van der Waals surface area contributed by atoms with Crippen LogP contribution in [0.5, 0.6) is 0 Å². The standard InChI is InChI=1S/C39H42N4.C2H6/c1-8-11-12-19-35-28-43-36(24-29(4)5)32(10-3)27-37(43)39(41-35)34-18-15-17-33(26-34)30(6)25-31(16-9-2)21-23-42-22-14-13-20-38(42)40-7;1-2/h1,9-10,13,15-21,23-27H,3,6,11-12,14,22,28H2,2,4-5,7H3;1-2H3/b16-9-,23-21+,31-25+,35-19+,40-38?;. The maximum Gasteiger partial charge on any atom is 0.126 e. The largest absolute Gasteiger partial charge is 0.333 e. The molecule has 0 spiro atoms. The molecule has 2 aliphatic heterocycles. The molecule has 0 saturated carbocycles. The molecule has 4 rings (SSSR count). The Kier molecular flexibility index (Phi) is 13.4. The van der Waals surface area contributed by atoms with Crippen LogP contribution in [0.3, 0.4) is 0 Å². The number of terminal acetylenes is 1. The lowest BCUT2D eigenvalue weighted by atomic mass is 9.98. The van der Waals surface area contributed by atoms with Gasteiger partial charge in [-0.15, -0.1) is 12.3 Å². The Morgan fingerprint density at radius 2 is 1.98 bits per heavy atom. The van der Waals surface area contributed by atoms with E-state index in [0.29, 0.717) is 13.0 Å². The van der Waals surface area contributed by atoms with Gasteiger partial charge in [0.25, 0.3) is 0 Å². The van der Waals surface area contributed by atoms with Crippen molar-refractivity contribution in [3.05, 3.63) is 137 Å². The zero-order valence-corrected chi connectivity index (χ0v) is 28.0. The predicted molar refractivity (Wildman–Crippen MR) is 198 cm³/mol. The number of rotatable bonds is 10. The molecule has 0 saturated heterocycles. The van der Waals surface area contributed by atoms with Crippen molar-refractivity contribution in [3.63, 3.8) is 0 Å². The summed E-state index contributed by atoms with van der Waals surface area (Å²) in [5, 5.41) is 0. The van der Waals surface area contributed by atoms with E-state index in [4.69, 9.17) is 11.4 Å². The minimum Gasteiger partial charge on any atom is -0.333 e. The molecule has 4 nitrogen and oxygen atoms in total. The Morgan fingerprint density at radius 1 is 1.18 bits per heavy atom. The lowest BCUT2D eigenvalue weighted by Crippen LogP contribution is -2.27. The van der Waals surface area contributed by atoms with Gasteiger partial charge in [0.1, 0.15) is 5.84 Å². The monoisotopic (exact) mass is 596 g/mol. The lowest BCUT2D eigenvalue weighted by Gasteiger charge is -2.22. The van der Waals surface area contributed by atoms with E-state index in [-0.39, 0.29) is 0 Å². The summed E-state index contributed by atoms with van der Waals surface area (Å²) in [6, 6.07) is 10.7. The van der Waals surface area contributed by atoms with E-state index in [1.54, 1.807) is 0 Å². The smallest absolute Gasteiger partial charge is 0.126 e. The Bertz CT molecular complexity index is 1660. The Morgan fingerprint density at radius 3 is 2.67 bits per heavy atom. The highest BCUT2D eigenvalue weighted by Gasteiger charge is 2.23. The summed E-state index contributed by atoms with van der Waals surface area (Å²) in [4.78, 5) is 11.7. The van der Waals surface area contributed by atoms with Gasteiger partial charge in [0.2, 0.25) is 0 Å². The molecule has 0 radical (unpaired) electrons. The molecule has 4 heteroatoms. The second kappa shape index (κ2) is 17.4. The Hall–Kier alpha value is -4.88. The van der Waals surface area contributed by atoms with Crippen molar-refractivity contribution in [1.29, 1.82) is 0 Å². The van der Waals surface area contributed by atoms with E-state index in [9.17, 15) is 0 Å². The van der Waals surface area contributed by atoms with Gasteiger partial charge in [-0.3, -0.25) is 4.99 Å². The lowest BCUT2D eigenvalue weighted by molar-refractivity contribution is 0.555. The van der Waals surface area contributed by atoms with E-state index in [0.717, 1.165) is 75.9 Å². The molecule has 2 aliphatic rings. The first-order chi connectivity index (χ1) is 21.9. The van der Waals surface area contributed by atoms with Crippen molar-refractivity contribution in [1.82, 2.24) is 9.47 Å². The number of hydrogen-bond acceptors (Lipinski definition) is 2. The summed E-state index contributed by atoms with van der Waals surface area (Å²) in [7, 11) is 1.83. The highest BCUT2D eigenvalue weighted by molar-refractivity contribution is 6.14. The SMILES string of the molecule is C#CCC/C=C1\Cn2c(cc(C=C)c2C=C(C)C)C(c2cccc(C(=C)/C=C(\C=C/C)/C=C/N3CCC=CC3=NC)c2)=N1.CC. The van der Waals surface area contributed by atoms with Crippen LogP contribution in [-0.2, 0) is 6.54 Å². The van der Waals surface area contributed by atoms with Crippen molar-refractivity contribution < 1.29 is 0 Å². The molecule has 0 bridgehead atoms. The Labute approximate surface area is 271 Å². The fourth-order valence-electron chi connectivity index (χ4n) is 5.23. The van der Waals surface area contributed by atoms with Crippen LogP contribution in [-0.4, -0.2) is 34.6 Å². The maximum absolute atomic E-state index is 5.54. The number of hydrogen-bond donors (Lipinski definition) is 0. The first-order valence-electron chi connectivity index (χ1n) is 15.8. The molecule has 0 amide bonds. The highest BCUT2D eigenvalue weighted by atomic mass is 15.2. The van der Waals surface area contributed by atoms with Gasteiger partial charge in [0, 0.05) is 37.5 Å². The van der Waals surface area contributed by atoms with E-state index >= 15 is 0 Å². The molecule has 0 fully saturated rings. The van der Waals surface area contributed by atoms with E-state index < -0.39 is 0 Å². The number of aromatic nitrogens is 1. The molecular weight excluding hydrogens is 548 g/mol. The first-order valence-corrected chi connectivity index (χ1v) is 15.8. The number of unbranched alkanes of at least 4 members (excludes halogenated alkanes) is 1. The van der Waals surface area contributed by atoms with Crippen LogP contribution in [0, 0.1) is 12.3 Å². The molecule has 0 N–H and O–H groups in total. The number of amidine groups is 1. The first kappa shape index (κ1) is 34.6. The molecular formula is C41H48N4. The van der Waals surface area contributed by atoms with E-state index in [1.807, 2.05) is 40.0 Å².